The molecular weight excluding hydrogens is 915 g/mol. The zero-order chi connectivity index (χ0) is 49.8. The Bertz CT molecular complexity index is 3080. The van der Waals surface area contributed by atoms with Gasteiger partial charge in [-0.2, -0.15) is 10.2 Å². The lowest BCUT2D eigenvalue weighted by atomic mass is 10.1. The highest BCUT2D eigenvalue weighted by molar-refractivity contribution is 6.76. The third-order valence-electron chi connectivity index (χ3n) is 10.9. The highest BCUT2D eigenvalue weighted by atomic mass is 28.3. The maximum atomic E-state index is 13.4. The van der Waals surface area contributed by atoms with Gasteiger partial charge in [0.2, 0.25) is 0 Å². The van der Waals surface area contributed by atoms with Crippen molar-refractivity contribution in [3.63, 3.8) is 0 Å². The number of aromatic nitrogens is 6. The Hall–Kier alpha value is -8.36. The summed E-state index contributed by atoms with van der Waals surface area (Å²) in [6.45, 7) is 8.25. The molecule has 8 rings (SSSR count). The first-order valence-electron chi connectivity index (χ1n) is 22.1. The summed E-state index contributed by atoms with van der Waals surface area (Å²) in [4.78, 5) is 63.5. The lowest BCUT2D eigenvalue weighted by Crippen LogP contribution is -2.39. The molecule has 0 unspecified atom stereocenters. The first-order chi connectivity index (χ1) is 33.6. The molecule has 4 aromatic heterocycles. The van der Waals surface area contributed by atoms with Crippen LogP contribution in [0.5, 0.6) is 0 Å². The topological polar surface area (TPSA) is 232 Å². The number of aromatic amines is 1. The van der Waals surface area contributed by atoms with Crippen molar-refractivity contribution < 1.29 is 32.7 Å². The van der Waals surface area contributed by atoms with E-state index in [1.54, 1.807) is 35.1 Å². The van der Waals surface area contributed by atoms with Crippen molar-refractivity contribution in [1.82, 2.24) is 39.7 Å². The number of nitrogen functional groups attached to an aromatic ring is 2. The second-order valence-corrected chi connectivity index (χ2v) is 23.1. The average Bonchev–Trinajstić information content (AvgIpc) is 4.03. The van der Waals surface area contributed by atoms with Crippen molar-refractivity contribution in [2.75, 3.05) is 28.7 Å². The summed E-state index contributed by atoms with van der Waals surface area (Å²) >= 11 is 0. The van der Waals surface area contributed by atoms with Gasteiger partial charge in [-0.05, 0) is 52.6 Å². The van der Waals surface area contributed by atoms with Gasteiger partial charge in [-0.1, -0.05) is 105 Å². The summed E-state index contributed by atoms with van der Waals surface area (Å²) < 4.78 is 34.1. The standard InChI is InChI=1S/C28H33FN6O3Si.C22H19FN6O2/c1-39(2,3)14-13-38-19-35-25-23(15-32-35)26(30)31-16-24(25)33-27(36)28(37)34(17-20-7-5-4-6-8-20)18-21-9-11-22(29)12-10-21;23-16-8-6-15(7-9-16)13-29(12-14-4-2-1-3-5-14)22(31)21(30)27-18-11-25-20(24)17-10-26-28-19(17)18/h4-12,15-16H,13-14,17-19H2,1-3H3,(H2,30,31)(H,33,36);1-11H,12-13H2,(H2,24,25)(H,26,28)(H,27,30). The first kappa shape index (κ1) is 49.5. The zero-order valence-corrected chi connectivity index (χ0v) is 39.7. The Labute approximate surface area is 402 Å². The van der Waals surface area contributed by atoms with E-state index in [0.29, 0.717) is 50.9 Å². The molecule has 8 aromatic rings. The normalized spacial score (nSPS) is 11.2. The quantitative estimate of drug-likeness (QED) is 0.0384. The summed E-state index contributed by atoms with van der Waals surface area (Å²) in [5.74, 6) is -3.39. The predicted octanol–water partition coefficient (Wildman–Crippen LogP) is 7.48. The summed E-state index contributed by atoms with van der Waals surface area (Å²) in [7, 11) is -1.26. The molecule has 360 valence electrons. The third-order valence-corrected chi connectivity index (χ3v) is 12.6. The Morgan fingerprint density at radius 1 is 0.629 bits per heavy atom. The predicted molar refractivity (Wildman–Crippen MR) is 266 cm³/mol. The molecule has 0 bridgehead atoms. The molecule has 0 aliphatic rings. The molecule has 4 heterocycles. The van der Waals surface area contributed by atoms with Gasteiger partial charge in [-0.25, -0.2) is 23.4 Å². The number of pyridine rings is 2. The molecule has 70 heavy (non-hydrogen) atoms. The number of anilines is 4. The van der Waals surface area contributed by atoms with Crippen LogP contribution in [0.4, 0.5) is 31.8 Å². The molecule has 0 saturated heterocycles. The van der Waals surface area contributed by atoms with Crippen LogP contribution in [0.1, 0.15) is 22.3 Å². The number of amides is 4. The van der Waals surface area contributed by atoms with Crippen LogP contribution in [0.25, 0.3) is 21.8 Å². The zero-order valence-electron chi connectivity index (χ0n) is 38.7. The van der Waals surface area contributed by atoms with Crippen LogP contribution < -0.4 is 22.1 Å². The number of rotatable bonds is 15. The minimum atomic E-state index is -1.26. The van der Waals surface area contributed by atoms with Crippen LogP contribution in [0.3, 0.4) is 0 Å². The molecule has 0 spiro atoms. The average molecular weight is 967 g/mol. The van der Waals surface area contributed by atoms with E-state index in [1.165, 1.54) is 52.7 Å². The summed E-state index contributed by atoms with van der Waals surface area (Å²) in [5, 5.41) is 17.4. The van der Waals surface area contributed by atoms with E-state index in [1.807, 2.05) is 60.7 Å². The minimum absolute atomic E-state index is 0.125. The highest BCUT2D eigenvalue weighted by Crippen LogP contribution is 2.28. The van der Waals surface area contributed by atoms with Crippen LogP contribution >= 0.6 is 0 Å². The van der Waals surface area contributed by atoms with Crippen LogP contribution in [-0.2, 0) is 56.8 Å². The van der Waals surface area contributed by atoms with E-state index in [2.05, 4.69) is 55.5 Å². The van der Waals surface area contributed by atoms with E-state index >= 15 is 0 Å². The molecule has 0 atom stereocenters. The number of H-pyrrole nitrogens is 1. The van der Waals surface area contributed by atoms with Gasteiger partial charge in [0, 0.05) is 40.9 Å². The molecule has 4 aromatic carbocycles. The van der Waals surface area contributed by atoms with Gasteiger partial charge in [0.1, 0.15) is 30.0 Å². The second-order valence-electron chi connectivity index (χ2n) is 17.5. The Morgan fingerprint density at radius 2 is 1.09 bits per heavy atom. The molecule has 7 N–H and O–H groups in total. The number of halogens is 2. The van der Waals surface area contributed by atoms with Crippen LogP contribution in [0.15, 0.2) is 134 Å². The van der Waals surface area contributed by atoms with E-state index in [4.69, 9.17) is 16.2 Å². The molecule has 20 heteroatoms. The number of nitrogens with one attached hydrogen (secondary N) is 3. The van der Waals surface area contributed by atoms with Crippen molar-refractivity contribution in [2.45, 2.75) is 58.6 Å². The molecule has 0 radical (unpaired) electrons. The number of fused-ring (bicyclic) bond motifs is 2. The number of nitrogens with two attached hydrogens (primary N) is 2. The number of hydrogen-bond donors (Lipinski definition) is 5. The lowest BCUT2D eigenvalue weighted by Gasteiger charge is -2.23. The van der Waals surface area contributed by atoms with Crippen molar-refractivity contribution in [1.29, 1.82) is 0 Å². The Kier molecular flexibility index (Phi) is 16.0. The van der Waals surface area contributed by atoms with Crippen molar-refractivity contribution in [3.8, 4) is 0 Å². The van der Waals surface area contributed by atoms with Gasteiger partial charge in [-0.15, -0.1) is 0 Å². The number of benzene rings is 4. The smallest absolute Gasteiger partial charge is 0.314 e. The second kappa shape index (κ2) is 22.6. The van der Waals surface area contributed by atoms with E-state index in [0.717, 1.165) is 17.2 Å². The maximum absolute atomic E-state index is 13.4. The number of carbonyl (C=O) groups excluding carboxylic acids is 4. The van der Waals surface area contributed by atoms with E-state index in [-0.39, 0.29) is 56.2 Å². The van der Waals surface area contributed by atoms with Crippen LogP contribution in [0, 0.1) is 11.6 Å². The SMILES string of the molecule is C[Si](C)(C)CCOCn1ncc2c(N)ncc(NC(=O)C(=O)N(Cc3ccccc3)Cc3ccc(F)cc3)c21.Nc1ncc(NC(=O)C(=O)N(Cc2ccccc2)Cc2ccc(F)cc2)c2[nH]ncc12. The maximum Gasteiger partial charge on any atom is 0.314 e. The fourth-order valence-corrected chi connectivity index (χ4v) is 7.91. The molecule has 0 aliphatic heterocycles. The largest absolute Gasteiger partial charge is 0.383 e. The van der Waals surface area contributed by atoms with E-state index < -0.39 is 31.7 Å². The molecule has 0 aliphatic carbocycles. The highest BCUT2D eigenvalue weighted by Gasteiger charge is 2.26. The molecule has 0 fully saturated rings. The van der Waals surface area contributed by atoms with Gasteiger partial charge in [0.15, 0.2) is 0 Å². The summed E-state index contributed by atoms with van der Waals surface area (Å²) in [5.41, 5.74) is 16.5. The van der Waals surface area contributed by atoms with Gasteiger partial charge in [0.25, 0.3) is 0 Å². The van der Waals surface area contributed by atoms with Crippen molar-refractivity contribution >= 4 is 76.5 Å². The number of carbonyl (C=O) groups is 4. The number of hydrogen-bond acceptors (Lipinski definition) is 11. The van der Waals surface area contributed by atoms with Gasteiger partial charge < -0.3 is 36.6 Å². The van der Waals surface area contributed by atoms with Crippen LogP contribution in [0.2, 0.25) is 25.7 Å². The van der Waals surface area contributed by atoms with Gasteiger partial charge in [-0.3, -0.25) is 24.3 Å². The number of ether oxygens (including phenoxy) is 1. The van der Waals surface area contributed by atoms with Crippen molar-refractivity contribution in [3.05, 3.63) is 168 Å². The Balaban J connectivity index is 0.000000212. The summed E-state index contributed by atoms with van der Waals surface area (Å²) in [6, 6.07) is 31.3. The van der Waals surface area contributed by atoms with Crippen LogP contribution in [-0.4, -0.2) is 78.1 Å². The third kappa shape index (κ3) is 13.2. The molecule has 17 nitrogen and oxygen atoms in total. The Morgan fingerprint density at radius 3 is 1.59 bits per heavy atom. The minimum Gasteiger partial charge on any atom is -0.383 e. The van der Waals surface area contributed by atoms with Gasteiger partial charge >= 0.3 is 23.6 Å². The lowest BCUT2D eigenvalue weighted by molar-refractivity contribution is -0.144. The number of nitrogens with zero attached hydrogens (tertiary/aromatic N) is 7. The fourth-order valence-electron chi connectivity index (χ4n) is 7.15. The van der Waals surface area contributed by atoms with Gasteiger partial charge in [0.05, 0.1) is 58.0 Å². The summed E-state index contributed by atoms with van der Waals surface area (Å²) in [6.07, 6.45) is 5.83. The first-order valence-corrected chi connectivity index (χ1v) is 25.8. The molecule has 4 amide bonds. The monoisotopic (exact) mass is 966 g/mol. The fraction of sp³-hybridized carbons (Fsp3) is 0.200. The molecular formula is C50H52F2N12O5Si. The van der Waals surface area contributed by atoms with Crippen molar-refractivity contribution in [2.24, 2.45) is 0 Å². The molecule has 0 saturated carbocycles. The van der Waals surface area contributed by atoms with E-state index in [9.17, 15) is 28.0 Å².